The Hall–Kier alpha value is -2.62. The zero-order valence-electron chi connectivity index (χ0n) is 21.7. The highest BCUT2D eigenvalue weighted by Gasteiger charge is 2.35. The van der Waals surface area contributed by atoms with Crippen molar-refractivity contribution >= 4 is 40.1 Å². The second-order valence-corrected chi connectivity index (χ2v) is 11.4. The van der Waals surface area contributed by atoms with E-state index in [-0.39, 0.29) is 18.9 Å². The first-order valence-electron chi connectivity index (χ1n) is 13.0. The van der Waals surface area contributed by atoms with E-state index in [2.05, 4.69) is 33.7 Å². The predicted octanol–water partition coefficient (Wildman–Crippen LogP) is 5.61. The number of aryl methyl sites for hydroxylation is 2. The van der Waals surface area contributed by atoms with Crippen LogP contribution < -0.4 is 15.5 Å². The number of carbonyl (C=O) groups is 1. The number of carbonyl (C=O) groups excluding carboxylic acids is 1. The van der Waals surface area contributed by atoms with Crippen molar-refractivity contribution in [1.29, 1.82) is 0 Å². The Morgan fingerprint density at radius 3 is 2.62 bits per heavy atom. The number of piperidine rings is 1. The van der Waals surface area contributed by atoms with Crippen molar-refractivity contribution in [3.63, 3.8) is 0 Å². The number of benzene rings is 2. The van der Waals surface area contributed by atoms with Gasteiger partial charge in [-0.25, -0.2) is 13.1 Å². The van der Waals surface area contributed by atoms with Crippen LogP contribution in [-0.2, 0) is 4.79 Å². The predicted molar refractivity (Wildman–Crippen MR) is 148 cm³/mol. The van der Waals surface area contributed by atoms with Crippen molar-refractivity contribution in [3.8, 4) is 0 Å². The molecule has 0 radical (unpaired) electrons. The fourth-order valence-corrected chi connectivity index (χ4v) is 6.24. The Bertz CT molecular complexity index is 1290. The Labute approximate surface area is 221 Å². The van der Waals surface area contributed by atoms with Crippen molar-refractivity contribution in [2.45, 2.75) is 50.5 Å². The number of alkyl halides is 2. The van der Waals surface area contributed by atoms with Gasteiger partial charge in [-0.05, 0) is 80.6 Å². The smallest absolute Gasteiger partial charge is 0.261 e. The molecule has 2 fully saturated rings. The van der Waals surface area contributed by atoms with Crippen molar-refractivity contribution < 1.29 is 13.6 Å². The van der Waals surface area contributed by atoms with Crippen LogP contribution in [0.4, 0.5) is 20.2 Å². The van der Waals surface area contributed by atoms with E-state index in [1.165, 1.54) is 11.9 Å². The highest BCUT2D eigenvalue weighted by Crippen LogP contribution is 2.36. The molecule has 1 aromatic heterocycles. The van der Waals surface area contributed by atoms with Gasteiger partial charge >= 0.3 is 0 Å². The number of halogens is 2. The third kappa shape index (κ3) is 5.78. The molecule has 2 aliphatic heterocycles. The Balaban J connectivity index is 1.32. The van der Waals surface area contributed by atoms with E-state index in [4.69, 9.17) is 0 Å². The lowest BCUT2D eigenvalue weighted by molar-refractivity contribution is -0.118. The Morgan fingerprint density at radius 2 is 1.86 bits per heavy atom. The molecular formula is C28H35F2N5OS. The van der Waals surface area contributed by atoms with E-state index >= 15 is 0 Å². The number of nitrogens with one attached hydrogen (secondary N) is 2. The summed E-state index contributed by atoms with van der Waals surface area (Å²) in [5.74, 6) is -2.70. The SMILES string of the molecule is Cc1ccc(N2CCNCC2)cc1NC(=O)C(C)n1cc(C)c2cc(SN3CCCC(F)(F)C3)ccc21. The molecule has 5 rings (SSSR count). The van der Waals surface area contributed by atoms with Crippen LogP contribution in [0.3, 0.4) is 0 Å². The number of amides is 1. The van der Waals surface area contributed by atoms with Crippen molar-refractivity contribution in [3.05, 3.63) is 53.7 Å². The molecule has 1 unspecified atom stereocenters. The van der Waals surface area contributed by atoms with Gasteiger partial charge in [-0.3, -0.25) is 4.79 Å². The molecule has 198 valence electrons. The highest BCUT2D eigenvalue weighted by atomic mass is 32.2. The second-order valence-electron chi connectivity index (χ2n) is 10.2. The Kier molecular flexibility index (Phi) is 7.47. The third-order valence-electron chi connectivity index (χ3n) is 7.35. The van der Waals surface area contributed by atoms with Crippen LogP contribution in [0.2, 0.25) is 0 Å². The summed E-state index contributed by atoms with van der Waals surface area (Å²) >= 11 is 1.39. The molecular weight excluding hydrogens is 492 g/mol. The van der Waals surface area contributed by atoms with Crippen molar-refractivity contribution in [2.24, 2.45) is 0 Å². The minimum absolute atomic E-state index is 0.0371. The van der Waals surface area contributed by atoms with Crippen LogP contribution in [-0.4, -0.2) is 60.0 Å². The molecule has 9 heteroatoms. The zero-order chi connectivity index (χ0) is 26.2. The van der Waals surface area contributed by atoms with E-state index in [0.717, 1.165) is 64.5 Å². The monoisotopic (exact) mass is 527 g/mol. The number of anilines is 2. The van der Waals surface area contributed by atoms with Crippen molar-refractivity contribution in [1.82, 2.24) is 14.2 Å². The molecule has 6 nitrogen and oxygen atoms in total. The molecule has 0 spiro atoms. The average Bonchev–Trinajstić information content (AvgIpc) is 3.20. The molecule has 2 N–H and O–H groups in total. The van der Waals surface area contributed by atoms with Crippen LogP contribution in [0.5, 0.6) is 0 Å². The topological polar surface area (TPSA) is 52.5 Å². The van der Waals surface area contributed by atoms with Gasteiger partial charge in [0.25, 0.3) is 5.92 Å². The summed E-state index contributed by atoms with van der Waals surface area (Å²) < 4.78 is 31.4. The van der Waals surface area contributed by atoms with E-state index in [1.54, 1.807) is 4.31 Å². The molecule has 0 bridgehead atoms. The summed E-state index contributed by atoms with van der Waals surface area (Å²) in [6, 6.07) is 11.8. The van der Waals surface area contributed by atoms with Crippen LogP contribution in [0, 0.1) is 13.8 Å². The number of nitrogens with zero attached hydrogens (tertiary/aromatic N) is 3. The number of piperazine rings is 1. The second kappa shape index (κ2) is 10.6. The van der Waals surface area contributed by atoms with Crippen molar-refractivity contribution in [2.75, 3.05) is 49.5 Å². The number of hydrogen-bond acceptors (Lipinski definition) is 5. The summed E-state index contributed by atoms with van der Waals surface area (Å²) in [5.41, 5.74) is 4.99. The lowest BCUT2D eigenvalue weighted by Gasteiger charge is -2.31. The van der Waals surface area contributed by atoms with Gasteiger partial charge in [0.05, 0.1) is 6.54 Å². The van der Waals surface area contributed by atoms with E-state index in [0.29, 0.717) is 13.0 Å². The maximum Gasteiger partial charge on any atom is 0.261 e. The van der Waals surface area contributed by atoms with Crippen LogP contribution in [0.25, 0.3) is 10.9 Å². The van der Waals surface area contributed by atoms with E-state index < -0.39 is 12.0 Å². The van der Waals surface area contributed by atoms with Gasteiger partial charge in [0.1, 0.15) is 6.04 Å². The zero-order valence-corrected chi connectivity index (χ0v) is 22.5. The van der Waals surface area contributed by atoms with Gasteiger partial charge in [-0.15, -0.1) is 0 Å². The molecule has 2 saturated heterocycles. The fourth-order valence-electron chi connectivity index (χ4n) is 5.17. The maximum atomic E-state index is 13.8. The van der Waals surface area contributed by atoms with Crippen LogP contribution in [0.1, 0.15) is 36.9 Å². The molecule has 0 saturated carbocycles. The Morgan fingerprint density at radius 1 is 1.08 bits per heavy atom. The van der Waals surface area contributed by atoms with E-state index in [1.807, 2.05) is 49.7 Å². The number of rotatable bonds is 6. The molecule has 3 aromatic rings. The average molecular weight is 528 g/mol. The quantitative estimate of drug-likeness (QED) is 0.409. The number of hydrogen-bond donors (Lipinski definition) is 2. The van der Waals surface area contributed by atoms with Gasteiger partial charge in [0.15, 0.2) is 0 Å². The first-order chi connectivity index (χ1) is 17.7. The normalized spacial score (nSPS) is 19.2. The fraction of sp³-hybridized carbons (Fsp3) is 0.464. The lowest BCUT2D eigenvalue weighted by atomic mass is 10.1. The minimum atomic E-state index is -2.62. The molecule has 2 aromatic carbocycles. The summed E-state index contributed by atoms with van der Waals surface area (Å²) in [4.78, 5) is 16.6. The van der Waals surface area contributed by atoms with Gasteiger partial charge in [0, 0.05) is 72.5 Å². The minimum Gasteiger partial charge on any atom is -0.369 e. The molecule has 0 aliphatic carbocycles. The summed E-state index contributed by atoms with van der Waals surface area (Å²) in [5, 5.41) is 7.56. The van der Waals surface area contributed by atoms with Gasteiger partial charge < -0.3 is 20.1 Å². The van der Waals surface area contributed by atoms with Gasteiger partial charge in [-0.2, -0.15) is 0 Å². The maximum absolute atomic E-state index is 13.8. The molecule has 1 amide bonds. The number of aromatic nitrogens is 1. The van der Waals surface area contributed by atoms with E-state index in [9.17, 15) is 13.6 Å². The number of fused-ring (bicyclic) bond motifs is 1. The summed E-state index contributed by atoms with van der Waals surface area (Å²) in [7, 11) is 0. The molecule has 1 atom stereocenters. The third-order valence-corrected chi connectivity index (χ3v) is 8.39. The molecule has 2 aliphatic rings. The van der Waals surface area contributed by atoms with Crippen LogP contribution in [0.15, 0.2) is 47.5 Å². The van der Waals surface area contributed by atoms with Gasteiger partial charge in [-0.1, -0.05) is 6.07 Å². The lowest BCUT2D eigenvalue weighted by Crippen LogP contribution is -2.43. The largest absolute Gasteiger partial charge is 0.369 e. The van der Waals surface area contributed by atoms with Gasteiger partial charge in [0.2, 0.25) is 5.91 Å². The first kappa shape index (κ1) is 26.0. The summed E-state index contributed by atoms with van der Waals surface area (Å²) in [6.45, 7) is 10.2. The van der Waals surface area contributed by atoms with Crippen LogP contribution >= 0.6 is 11.9 Å². The first-order valence-corrected chi connectivity index (χ1v) is 13.8. The standard InChI is InChI=1S/C28H35F2N5OS/c1-19-5-6-22(33-13-10-31-11-14-33)15-25(19)32-27(36)21(3)35-17-20(2)24-16-23(7-8-26(24)35)37-34-12-4-9-28(29,30)18-34/h5-8,15-17,21,31H,4,9-14,18H2,1-3H3,(H,32,36). The highest BCUT2D eigenvalue weighted by molar-refractivity contribution is 7.97. The summed E-state index contributed by atoms with van der Waals surface area (Å²) in [6.07, 6.45) is 2.47. The molecule has 3 heterocycles. The molecule has 37 heavy (non-hydrogen) atoms.